The quantitative estimate of drug-likeness (QED) is 0.767. The second kappa shape index (κ2) is 3.78. The number of ether oxygens (including phenoxy) is 1. The van der Waals surface area contributed by atoms with Gasteiger partial charge < -0.3 is 10.5 Å². The van der Waals surface area contributed by atoms with Gasteiger partial charge in [0.2, 0.25) is 11.8 Å². The summed E-state index contributed by atoms with van der Waals surface area (Å²) in [5.74, 6) is 0.669. The molecule has 0 aliphatic rings. The van der Waals surface area contributed by atoms with Crippen molar-refractivity contribution in [3.8, 4) is 11.8 Å². The predicted octanol–water partition coefficient (Wildman–Crippen LogP) is 2.14. The number of hydrogen-bond acceptors (Lipinski definition) is 4. The third-order valence-corrected chi connectivity index (χ3v) is 1.95. The maximum atomic E-state index is 5.71. The zero-order chi connectivity index (χ0) is 10.8. The molecule has 0 unspecified atom stereocenters. The lowest BCUT2D eigenvalue weighted by Gasteiger charge is -2.03. The Hall–Kier alpha value is -1.75. The van der Waals surface area contributed by atoms with Gasteiger partial charge in [-0.25, -0.2) is 0 Å². The van der Waals surface area contributed by atoms with Crippen LogP contribution in [0, 0.1) is 6.92 Å². The van der Waals surface area contributed by atoms with Crippen LogP contribution in [0.1, 0.15) is 5.69 Å². The summed E-state index contributed by atoms with van der Waals surface area (Å²) in [7, 11) is 0. The standard InChI is InChI=1S/C9H9ClN4O/c1-5-4-8(14-13-5)15-9-6(11)2-3-7(10)12-9/h2-4H,11H2,1H3,(H,13,14). The van der Waals surface area contributed by atoms with Crippen LogP contribution in [0.4, 0.5) is 5.69 Å². The topological polar surface area (TPSA) is 76.8 Å². The first-order valence-electron chi connectivity index (χ1n) is 4.27. The van der Waals surface area contributed by atoms with Crippen LogP contribution in [0.25, 0.3) is 0 Å². The second-order valence-corrected chi connectivity index (χ2v) is 3.41. The number of nitrogen functional groups attached to an aromatic ring is 1. The predicted molar refractivity (Wildman–Crippen MR) is 57.1 cm³/mol. The Morgan fingerprint density at radius 1 is 1.47 bits per heavy atom. The highest BCUT2D eigenvalue weighted by molar-refractivity contribution is 6.29. The van der Waals surface area contributed by atoms with Crippen molar-refractivity contribution in [3.05, 3.63) is 29.0 Å². The summed E-state index contributed by atoms with van der Waals surface area (Å²) in [5.41, 5.74) is 6.97. The molecule has 78 valence electrons. The van der Waals surface area contributed by atoms with Gasteiger partial charge in [-0.15, -0.1) is 5.10 Å². The van der Waals surface area contributed by atoms with Gasteiger partial charge >= 0.3 is 0 Å². The van der Waals surface area contributed by atoms with E-state index in [0.29, 0.717) is 16.7 Å². The molecule has 2 rings (SSSR count). The lowest BCUT2D eigenvalue weighted by atomic mass is 10.4. The summed E-state index contributed by atoms with van der Waals surface area (Å²) in [6, 6.07) is 4.96. The van der Waals surface area contributed by atoms with Gasteiger partial charge in [-0.1, -0.05) is 11.6 Å². The minimum absolute atomic E-state index is 0.258. The molecule has 0 fully saturated rings. The summed E-state index contributed by atoms with van der Waals surface area (Å²) < 4.78 is 5.35. The minimum atomic E-state index is 0.258. The Labute approximate surface area is 91.2 Å². The molecule has 0 radical (unpaired) electrons. The fourth-order valence-corrected chi connectivity index (χ4v) is 1.19. The number of rotatable bonds is 2. The highest BCUT2D eigenvalue weighted by atomic mass is 35.5. The fraction of sp³-hybridized carbons (Fsp3) is 0.111. The zero-order valence-corrected chi connectivity index (χ0v) is 8.75. The van der Waals surface area contributed by atoms with Crippen LogP contribution in [0.15, 0.2) is 18.2 Å². The Bertz CT molecular complexity index is 483. The lowest BCUT2D eigenvalue weighted by Crippen LogP contribution is -1.95. The van der Waals surface area contributed by atoms with Gasteiger partial charge in [0.1, 0.15) is 5.15 Å². The molecule has 6 heteroatoms. The molecule has 0 bridgehead atoms. The highest BCUT2D eigenvalue weighted by Crippen LogP contribution is 2.25. The van der Waals surface area contributed by atoms with Crippen molar-refractivity contribution < 1.29 is 4.74 Å². The molecule has 0 aromatic carbocycles. The number of H-pyrrole nitrogens is 1. The van der Waals surface area contributed by atoms with E-state index in [1.54, 1.807) is 18.2 Å². The highest BCUT2D eigenvalue weighted by Gasteiger charge is 2.06. The maximum Gasteiger partial charge on any atom is 0.245 e. The third kappa shape index (κ3) is 2.19. The minimum Gasteiger partial charge on any atom is -0.417 e. The maximum absolute atomic E-state index is 5.71. The summed E-state index contributed by atoms with van der Waals surface area (Å²) in [4.78, 5) is 3.94. The van der Waals surface area contributed by atoms with Gasteiger partial charge in [-0.2, -0.15) is 4.98 Å². The molecule has 0 aliphatic heterocycles. The Kier molecular flexibility index (Phi) is 2.47. The number of aromatic nitrogens is 3. The molecule has 5 nitrogen and oxygen atoms in total. The largest absolute Gasteiger partial charge is 0.417 e. The number of aromatic amines is 1. The first kappa shape index (κ1) is 9.79. The second-order valence-electron chi connectivity index (χ2n) is 3.02. The molecule has 0 amide bonds. The normalized spacial score (nSPS) is 10.3. The van der Waals surface area contributed by atoms with E-state index in [0.717, 1.165) is 5.69 Å². The van der Waals surface area contributed by atoms with E-state index in [2.05, 4.69) is 15.2 Å². The van der Waals surface area contributed by atoms with Crippen LogP contribution in [-0.2, 0) is 0 Å². The molecule has 2 aromatic rings. The molecule has 3 N–H and O–H groups in total. The number of halogens is 1. The van der Waals surface area contributed by atoms with Crippen molar-refractivity contribution in [2.24, 2.45) is 0 Å². The first-order valence-corrected chi connectivity index (χ1v) is 4.65. The van der Waals surface area contributed by atoms with E-state index >= 15 is 0 Å². The van der Waals surface area contributed by atoms with Gasteiger partial charge in [-0.05, 0) is 19.1 Å². The van der Waals surface area contributed by atoms with Crippen molar-refractivity contribution in [2.75, 3.05) is 5.73 Å². The summed E-state index contributed by atoms with van der Waals surface area (Å²) in [6.07, 6.45) is 0. The molecular formula is C9H9ClN4O. The third-order valence-electron chi connectivity index (χ3n) is 1.74. The smallest absolute Gasteiger partial charge is 0.245 e. The zero-order valence-electron chi connectivity index (χ0n) is 7.99. The number of nitrogens with one attached hydrogen (secondary N) is 1. The van der Waals surface area contributed by atoms with Gasteiger partial charge in [0.15, 0.2) is 0 Å². The molecular weight excluding hydrogens is 216 g/mol. The first-order chi connectivity index (χ1) is 7.15. The number of nitrogens with two attached hydrogens (primary N) is 1. The van der Waals surface area contributed by atoms with Crippen LogP contribution >= 0.6 is 11.6 Å². The average molecular weight is 225 g/mol. The van der Waals surface area contributed by atoms with Crippen LogP contribution in [0.3, 0.4) is 0 Å². The molecule has 0 saturated carbocycles. The summed E-state index contributed by atoms with van der Waals surface area (Å²) in [6.45, 7) is 1.87. The van der Waals surface area contributed by atoms with Gasteiger partial charge in [-0.3, -0.25) is 5.10 Å². The van der Waals surface area contributed by atoms with Gasteiger partial charge in [0, 0.05) is 11.8 Å². The average Bonchev–Trinajstić information content (AvgIpc) is 2.58. The molecule has 0 atom stereocenters. The van der Waals surface area contributed by atoms with E-state index < -0.39 is 0 Å². The van der Waals surface area contributed by atoms with E-state index in [-0.39, 0.29) is 5.88 Å². The molecule has 2 aromatic heterocycles. The van der Waals surface area contributed by atoms with E-state index in [4.69, 9.17) is 22.1 Å². The number of pyridine rings is 1. The lowest BCUT2D eigenvalue weighted by molar-refractivity contribution is 0.446. The Morgan fingerprint density at radius 3 is 2.93 bits per heavy atom. The number of nitrogens with zero attached hydrogens (tertiary/aromatic N) is 2. The summed E-state index contributed by atoms with van der Waals surface area (Å²) in [5, 5.41) is 6.97. The SMILES string of the molecule is Cc1cc(Oc2nc(Cl)ccc2N)n[nH]1. The van der Waals surface area contributed by atoms with E-state index in [1.807, 2.05) is 6.92 Å². The van der Waals surface area contributed by atoms with Crippen molar-refractivity contribution in [1.29, 1.82) is 0 Å². The number of anilines is 1. The molecule has 2 heterocycles. The number of hydrogen-bond donors (Lipinski definition) is 2. The molecule has 0 spiro atoms. The van der Waals surface area contributed by atoms with Crippen LogP contribution in [-0.4, -0.2) is 15.2 Å². The Balaban J connectivity index is 2.27. The summed E-state index contributed by atoms with van der Waals surface area (Å²) >= 11 is 5.71. The Morgan fingerprint density at radius 2 is 2.27 bits per heavy atom. The van der Waals surface area contributed by atoms with Crippen LogP contribution < -0.4 is 10.5 Å². The number of aryl methyl sites for hydroxylation is 1. The van der Waals surface area contributed by atoms with Crippen molar-refractivity contribution >= 4 is 17.3 Å². The monoisotopic (exact) mass is 224 g/mol. The van der Waals surface area contributed by atoms with E-state index in [9.17, 15) is 0 Å². The fourth-order valence-electron chi connectivity index (χ4n) is 1.05. The molecule has 15 heavy (non-hydrogen) atoms. The molecule has 0 saturated heterocycles. The van der Waals surface area contributed by atoms with Crippen molar-refractivity contribution in [3.63, 3.8) is 0 Å². The van der Waals surface area contributed by atoms with Gasteiger partial charge in [0.05, 0.1) is 5.69 Å². The van der Waals surface area contributed by atoms with E-state index in [1.165, 1.54) is 0 Å². The van der Waals surface area contributed by atoms with Crippen molar-refractivity contribution in [1.82, 2.24) is 15.2 Å². The van der Waals surface area contributed by atoms with Crippen LogP contribution in [0.2, 0.25) is 5.15 Å². The van der Waals surface area contributed by atoms with Gasteiger partial charge in [0.25, 0.3) is 0 Å². The van der Waals surface area contributed by atoms with Crippen LogP contribution in [0.5, 0.6) is 11.8 Å². The van der Waals surface area contributed by atoms with Crippen molar-refractivity contribution in [2.45, 2.75) is 6.92 Å². The molecule has 0 aliphatic carbocycles.